The van der Waals surface area contributed by atoms with Crippen LogP contribution in [0.15, 0.2) is 24.4 Å². The molecule has 1 aromatic heterocycles. The number of likely N-dealkylation sites (tertiary alicyclic amines) is 1. The Labute approximate surface area is 145 Å². The molecule has 0 saturated carbocycles. The molecule has 0 aliphatic carbocycles. The van der Waals surface area contributed by atoms with Gasteiger partial charge in [0.25, 0.3) is 0 Å². The Hall–Kier alpha value is -2.48. The molecule has 0 radical (unpaired) electrons. The molecule has 0 N–H and O–H groups in total. The Bertz CT molecular complexity index is 749. The molecule has 0 unspecified atom stereocenters. The summed E-state index contributed by atoms with van der Waals surface area (Å²) in [5.74, 6) is -0.566. The summed E-state index contributed by atoms with van der Waals surface area (Å²) in [5, 5.41) is 7.89. The number of rotatable bonds is 5. The SMILES string of the molecule is COC(=O)c1cn([C@@H]2CCCN(Cc3cccc(OC)c3F)C2)nn1. The van der Waals surface area contributed by atoms with Crippen molar-refractivity contribution in [3.05, 3.63) is 41.5 Å². The van der Waals surface area contributed by atoms with Gasteiger partial charge < -0.3 is 9.47 Å². The summed E-state index contributed by atoms with van der Waals surface area (Å²) in [4.78, 5) is 13.7. The Morgan fingerprint density at radius 2 is 2.24 bits per heavy atom. The van der Waals surface area contributed by atoms with Gasteiger partial charge in [0, 0.05) is 18.7 Å². The van der Waals surface area contributed by atoms with Crippen molar-refractivity contribution in [2.45, 2.75) is 25.4 Å². The van der Waals surface area contributed by atoms with Crippen molar-refractivity contribution in [3.8, 4) is 5.75 Å². The van der Waals surface area contributed by atoms with E-state index in [1.165, 1.54) is 14.2 Å². The van der Waals surface area contributed by atoms with Crippen LogP contribution in [0.1, 0.15) is 34.9 Å². The van der Waals surface area contributed by atoms with Gasteiger partial charge in [-0.1, -0.05) is 17.3 Å². The second-order valence-electron chi connectivity index (χ2n) is 6.04. The third kappa shape index (κ3) is 3.79. The average molecular weight is 348 g/mol. The van der Waals surface area contributed by atoms with Crippen LogP contribution in [0.3, 0.4) is 0 Å². The smallest absolute Gasteiger partial charge is 0.360 e. The fraction of sp³-hybridized carbons (Fsp3) is 0.471. The summed E-state index contributed by atoms with van der Waals surface area (Å²) in [6.45, 7) is 2.09. The van der Waals surface area contributed by atoms with Crippen molar-refractivity contribution in [3.63, 3.8) is 0 Å². The van der Waals surface area contributed by atoms with E-state index in [4.69, 9.17) is 4.74 Å². The zero-order valence-corrected chi connectivity index (χ0v) is 14.3. The van der Waals surface area contributed by atoms with Gasteiger partial charge in [0.15, 0.2) is 17.3 Å². The first-order chi connectivity index (χ1) is 12.1. The number of carbonyl (C=O) groups is 1. The first kappa shape index (κ1) is 17.3. The monoisotopic (exact) mass is 348 g/mol. The van der Waals surface area contributed by atoms with Crippen molar-refractivity contribution in [1.82, 2.24) is 19.9 Å². The maximum atomic E-state index is 14.3. The number of aromatic nitrogens is 3. The minimum atomic E-state index is -0.502. The summed E-state index contributed by atoms with van der Waals surface area (Å²) in [5.41, 5.74) is 0.798. The van der Waals surface area contributed by atoms with E-state index in [0.29, 0.717) is 18.7 Å². The predicted molar refractivity (Wildman–Crippen MR) is 87.9 cm³/mol. The van der Waals surface area contributed by atoms with Crippen LogP contribution in [0.5, 0.6) is 5.75 Å². The Morgan fingerprint density at radius 1 is 1.40 bits per heavy atom. The molecule has 1 aliphatic rings. The first-order valence-corrected chi connectivity index (χ1v) is 8.16. The molecular formula is C17H21FN4O3. The van der Waals surface area contributed by atoms with E-state index in [-0.39, 0.29) is 23.3 Å². The van der Waals surface area contributed by atoms with Crippen LogP contribution in [0.4, 0.5) is 4.39 Å². The minimum Gasteiger partial charge on any atom is -0.494 e. The number of ether oxygens (including phenoxy) is 2. The molecule has 1 aliphatic heterocycles. The third-order valence-electron chi connectivity index (χ3n) is 4.42. The fourth-order valence-electron chi connectivity index (χ4n) is 3.12. The number of hydrogen-bond acceptors (Lipinski definition) is 6. The summed E-state index contributed by atoms with van der Waals surface area (Å²) < 4.78 is 25.7. The molecule has 8 heteroatoms. The minimum absolute atomic E-state index is 0.0910. The molecule has 2 aromatic rings. The second-order valence-corrected chi connectivity index (χ2v) is 6.04. The number of hydrogen-bond donors (Lipinski definition) is 0. The second kappa shape index (κ2) is 7.60. The van der Waals surface area contributed by atoms with Crippen LogP contribution in [-0.4, -0.2) is 53.2 Å². The van der Waals surface area contributed by atoms with Gasteiger partial charge in [-0.05, 0) is 25.5 Å². The van der Waals surface area contributed by atoms with E-state index in [1.54, 1.807) is 29.1 Å². The van der Waals surface area contributed by atoms with Crippen LogP contribution in [0.2, 0.25) is 0 Å². The Balaban J connectivity index is 1.69. The van der Waals surface area contributed by atoms with Crippen molar-refractivity contribution in [2.24, 2.45) is 0 Å². The lowest BCUT2D eigenvalue weighted by Crippen LogP contribution is -2.36. The van der Waals surface area contributed by atoms with Gasteiger partial charge in [-0.15, -0.1) is 5.10 Å². The van der Waals surface area contributed by atoms with Crippen LogP contribution in [0, 0.1) is 5.82 Å². The van der Waals surface area contributed by atoms with Crippen LogP contribution >= 0.6 is 0 Å². The highest BCUT2D eigenvalue weighted by molar-refractivity contribution is 5.86. The van der Waals surface area contributed by atoms with Gasteiger partial charge in [0.1, 0.15) is 0 Å². The molecule has 3 rings (SSSR count). The molecule has 0 bridgehead atoms. The normalized spacial score (nSPS) is 18.1. The molecule has 1 fully saturated rings. The van der Waals surface area contributed by atoms with E-state index >= 15 is 0 Å². The number of methoxy groups -OCH3 is 2. The molecule has 25 heavy (non-hydrogen) atoms. The van der Waals surface area contributed by atoms with Crippen LogP contribution < -0.4 is 4.74 Å². The number of esters is 1. The molecule has 1 atom stereocenters. The largest absolute Gasteiger partial charge is 0.494 e. The van der Waals surface area contributed by atoms with Crippen molar-refractivity contribution in [1.29, 1.82) is 0 Å². The maximum Gasteiger partial charge on any atom is 0.360 e. The van der Waals surface area contributed by atoms with Gasteiger partial charge in [0.05, 0.1) is 26.5 Å². The van der Waals surface area contributed by atoms with Gasteiger partial charge in [-0.3, -0.25) is 4.90 Å². The summed E-state index contributed by atoms with van der Waals surface area (Å²) in [6, 6.07) is 5.26. The Morgan fingerprint density at radius 3 is 3.00 bits per heavy atom. The maximum absolute atomic E-state index is 14.3. The van der Waals surface area contributed by atoms with Crippen molar-refractivity contribution >= 4 is 5.97 Å². The topological polar surface area (TPSA) is 69.5 Å². The summed E-state index contributed by atoms with van der Waals surface area (Å²) >= 11 is 0. The molecule has 1 saturated heterocycles. The van der Waals surface area contributed by atoms with E-state index < -0.39 is 5.97 Å². The average Bonchev–Trinajstić information content (AvgIpc) is 3.13. The lowest BCUT2D eigenvalue weighted by molar-refractivity contribution is 0.0594. The molecule has 1 aromatic carbocycles. The van der Waals surface area contributed by atoms with E-state index in [0.717, 1.165) is 19.4 Å². The van der Waals surface area contributed by atoms with E-state index in [9.17, 15) is 9.18 Å². The molecule has 134 valence electrons. The van der Waals surface area contributed by atoms with Gasteiger partial charge in [0.2, 0.25) is 0 Å². The number of piperidine rings is 1. The zero-order valence-electron chi connectivity index (χ0n) is 14.3. The third-order valence-corrected chi connectivity index (χ3v) is 4.42. The quantitative estimate of drug-likeness (QED) is 0.771. The summed E-state index contributed by atoms with van der Waals surface area (Å²) in [7, 11) is 2.77. The van der Waals surface area contributed by atoms with E-state index in [1.807, 2.05) is 0 Å². The van der Waals surface area contributed by atoms with E-state index in [2.05, 4.69) is 19.9 Å². The molecule has 0 amide bonds. The first-order valence-electron chi connectivity index (χ1n) is 8.16. The highest BCUT2D eigenvalue weighted by Crippen LogP contribution is 2.25. The lowest BCUT2D eigenvalue weighted by Gasteiger charge is -2.32. The number of benzene rings is 1. The van der Waals surface area contributed by atoms with Crippen LogP contribution in [-0.2, 0) is 11.3 Å². The number of nitrogens with zero attached hydrogens (tertiary/aromatic N) is 4. The fourth-order valence-corrected chi connectivity index (χ4v) is 3.12. The van der Waals surface area contributed by atoms with Crippen LogP contribution in [0.25, 0.3) is 0 Å². The predicted octanol–water partition coefficient (Wildman–Crippen LogP) is 2.05. The lowest BCUT2D eigenvalue weighted by atomic mass is 10.0. The number of carbonyl (C=O) groups excluding carboxylic acids is 1. The van der Waals surface area contributed by atoms with Gasteiger partial charge >= 0.3 is 5.97 Å². The standard InChI is InChI=1S/C17H21FN4O3/c1-24-15-7-3-5-12(16(15)18)9-21-8-4-6-13(10-21)22-11-14(19-20-22)17(23)25-2/h3,5,7,11,13H,4,6,8-10H2,1-2H3/t13-/m1/s1. The molecule has 0 spiro atoms. The highest BCUT2D eigenvalue weighted by atomic mass is 19.1. The van der Waals surface area contributed by atoms with Crippen molar-refractivity contribution < 1.29 is 18.7 Å². The van der Waals surface area contributed by atoms with Gasteiger partial charge in [-0.25, -0.2) is 13.9 Å². The highest BCUT2D eigenvalue weighted by Gasteiger charge is 2.24. The van der Waals surface area contributed by atoms with Gasteiger partial charge in [-0.2, -0.15) is 0 Å². The molecule has 7 nitrogen and oxygen atoms in total. The van der Waals surface area contributed by atoms with Crippen molar-refractivity contribution in [2.75, 3.05) is 27.3 Å². The number of halogens is 1. The molecular weight excluding hydrogens is 327 g/mol. The zero-order chi connectivity index (χ0) is 17.8. The Kier molecular flexibility index (Phi) is 5.28. The molecule has 2 heterocycles. The summed E-state index contributed by atoms with van der Waals surface area (Å²) in [6.07, 6.45) is 3.50.